The highest BCUT2D eigenvalue weighted by Crippen LogP contribution is 2.26. The molecule has 1 fully saturated rings. The fraction of sp³-hybridized carbons (Fsp3) is 0.667. The maximum absolute atomic E-state index is 9.24. The zero-order valence-corrected chi connectivity index (χ0v) is 11.6. The minimum Gasteiger partial charge on any atom is -0.394 e. The Balaban J connectivity index is 2.30. The van der Waals surface area contributed by atoms with E-state index in [1.807, 2.05) is 20.8 Å². The van der Waals surface area contributed by atoms with E-state index in [-0.39, 0.29) is 18.8 Å². The molecular weight excluding hydrogens is 254 g/mol. The largest absolute Gasteiger partial charge is 0.394 e. The number of hydrogen-bond acceptors (Lipinski definition) is 5. The molecule has 1 aliphatic rings. The third-order valence-corrected chi connectivity index (χ3v) is 3.37. The molecule has 2 heterocycles. The number of rotatable bonds is 2. The van der Waals surface area contributed by atoms with Gasteiger partial charge in [-0.2, -0.15) is 0 Å². The topological polar surface area (TPSA) is 58.5 Å². The number of morpholine rings is 1. The highest BCUT2D eigenvalue weighted by molar-refractivity contribution is 6.30. The fourth-order valence-electron chi connectivity index (χ4n) is 2.21. The molecule has 1 N–H and O–H groups in total. The molecule has 0 bridgehead atoms. The Kier molecular flexibility index (Phi) is 4.04. The van der Waals surface area contributed by atoms with Crippen molar-refractivity contribution in [2.45, 2.75) is 33.0 Å². The summed E-state index contributed by atoms with van der Waals surface area (Å²) in [6.07, 6.45) is -0.119. The zero-order chi connectivity index (χ0) is 13.3. The van der Waals surface area contributed by atoms with Crippen LogP contribution < -0.4 is 4.90 Å². The van der Waals surface area contributed by atoms with E-state index in [0.29, 0.717) is 17.5 Å². The molecule has 1 saturated heterocycles. The van der Waals surface area contributed by atoms with Crippen molar-refractivity contribution in [1.82, 2.24) is 9.97 Å². The van der Waals surface area contributed by atoms with Gasteiger partial charge in [0, 0.05) is 18.7 Å². The number of nitrogens with zero attached hydrogens (tertiary/aromatic N) is 3. The van der Waals surface area contributed by atoms with Crippen LogP contribution in [0.3, 0.4) is 0 Å². The van der Waals surface area contributed by atoms with Crippen LogP contribution in [0.4, 0.5) is 5.82 Å². The molecule has 18 heavy (non-hydrogen) atoms. The molecule has 2 atom stereocenters. The number of aryl methyl sites for hydroxylation is 1. The molecule has 1 aromatic heterocycles. The van der Waals surface area contributed by atoms with Gasteiger partial charge in [-0.25, -0.2) is 9.97 Å². The first-order valence-electron chi connectivity index (χ1n) is 6.03. The number of aliphatic hydroxyl groups excluding tert-OH is 1. The van der Waals surface area contributed by atoms with Gasteiger partial charge in [-0.05, 0) is 20.8 Å². The van der Waals surface area contributed by atoms with Crippen molar-refractivity contribution in [3.63, 3.8) is 0 Å². The first-order chi connectivity index (χ1) is 8.51. The van der Waals surface area contributed by atoms with Crippen molar-refractivity contribution in [3.8, 4) is 0 Å². The summed E-state index contributed by atoms with van der Waals surface area (Å²) in [5, 5.41) is 9.72. The summed E-state index contributed by atoms with van der Waals surface area (Å²) in [4.78, 5) is 10.7. The van der Waals surface area contributed by atoms with Gasteiger partial charge in [0.1, 0.15) is 16.8 Å². The van der Waals surface area contributed by atoms with E-state index in [9.17, 15) is 5.11 Å². The van der Waals surface area contributed by atoms with Gasteiger partial charge >= 0.3 is 0 Å². The number of hydrogen-bond donors (Lipinski definition) is 1. The summed E-state index contributed by atoms with van der Waals surface area (Å²) in [5.41, 5.74) is 0.869. The first kappa shape index (κ1) is 13.5. The molecule has 1 aliphatic heterocycles. The molecule has 0 radical (unpaired) electrons. The van der Waals surface area contributed by atoms with E-state index in [2.05, 4.69) is 14.9 Å². The number of aliphatic hydroxyl groups is 1. The van der Waals surface area contributed by atoms with Crippen LogP contribution in [-0.2, 0) is 4.74 Å². The van der Waals surface area contributed by atoms with Crippen LogP contribution >= 0.6 is 11.6 Å². The first-order valence-corrected chi connectivity index (χ1v) is 6.41. The lowest BCUT2D eigenvalue weighted by Crippen LogP contribution is -2.48. The molecule has 0 aliphatic carbocycles. The second-order valence-electron chi connectivity index (χ2n) is 4.67. The summed E-state index contributed by atoms with van der Waals surface area (Å²) in [5.74, 6) is 1.49. The van der Waals surface area contributed by atoms with Crippen molar-refractivity contribution in [2.75, 3.05) is 24.6 Å². The van der Waals surface area contributed by atoms with Crippen LogP contribution in [0.5, 0.6) is 0 Å². The lowest BCUT2D eigenvalue weighted by molar-refractivity contribution is -0.0423. The summed E-state index contributed by atoms with van der Waals surface area (Å²) in [7, 11) is 0. The molecular formula is C12H18ClN3O2. The average molecular weight is 272 g/mol. The van der Waals surface area contributed by atoms with Gasteiger partial charge in [0.25, 0.3) is 0 Å². The van der Waals surface area contributed by atoms with E-state index < -0.39 is 0 Å². The van der Waals surface area contributed by atoms with Crippen molar-refractivity contribution < 1.29 is 9.84 Å². The van der Waals surface area contributed by atoms with Crippen LogP contribution in [0.25, 0.3) is 0 Å². The molecule has 0 saturated carbocycles. The molecule has 0 amide bonds. The van der Waals surface area contributed by atoms with E-state index in [0.717, 1.165) is 17.9 Å². The highest BCUT2D eigenvalue weighted by Gasteiger charge is 2.27. The second-order valence-corrected chi connectivity index (χ2v) is 5.02. The molecule has 1 aromatic rings. The minimum atomic E-state index is -0.179. The Morgan fingerprint density at radius 2 is 2.11 bits per heavy atom. The molecule has 100 valence electrons. The van der Waals surface area contributed by atoms with E-state index >= 15 is 0 Å². The quantitative estimate of drug-likeness (QED) is 0.823. The average Bonchev–Trinajstić information content (AvgIpc) is 2.32. The van der Waals surface area contributed by atoms with Crippen LogP contribution in [0, 0.1) is 13.8 Å². The van der Waals surface area contributed by atoms with Crippen molar-refractivity contribution in [2.24, 2.45) is 0 Å². The van der Waals surface area contributed by atoms with E-state index in [4.69, 9.17) is 16.3 Å². The predicted molar refractivity (Wildman–Crippen MR) is 70.1 cm³/mol. The molecule has 0 spiro atoms. The Morgan fingerprint density at radius 1 is 1.39 bits per heavy atom. The van der Waals surface area contributed by atoms with Gasteiger partial charge in [0.15, 0.2) is 0 Å². The Bertz CT molecular complexity index is 442. The van der Waals surface area contributed by atoms with Crippen LogP contribution in [0.1, 0.15) is 18.3 Å². The maximum atomic E-state index is 9.24. The van der Waals surface area contributed by atoms with Crippen molar-refractivity contribution in [1.29, 1.82) is 0 Å². The number of halogens is 1. The van der Waals surface area contributed by atoms with Crippen LogP contribution in [-0.4, -0.2) is 47.0 Å². The third kappa shape index (κ3) is 2.74. The zero-order valence-electron chi connectivity index (χ0n) is 10.9. The van der Waals surface area contributed by atoms with Gasteiger partial charge < -0.3 is 14.7 Å². The van der Waals surface area contributed by atoms with Crippen molar-refractivity contribution in [3.05, 3.63) is 16.5 Å². The highest BCUT2D eigenvalue weighted by atomic mass is 35.5. The minimum absolute atomic E-state index is 0.0116. The lowest BCUT2D eigenvalue weighted by atomic mass is 10.2. The van der Waals surface area contributed by atoms with E-state index in [1.54, 1.807) is 0 Å². The molecule has 2 unspecified atom stereocenters. The fourth-order valence-corrected chi connectivity index (χ4v) is 2.41. The van der Waals surface area contributed by atoms with Crippen LogP contribution in [0.2, 0.25) is 5.15 Å². The van der Waals surface area contributed by atoms with E-state index in [1.165, 1.54) is 0 Å². The normalized spacial score (nSPS) is 24.4. The predicted octanol–water partition coefficient (Wildman–Crippen LogP) is 1.33. The Morgan fingerprint density at radius 3 is 2.78 bits per heavy atom. The summed E-state index contributed by atoms with van der Waals surface area (Å²) in [6, 6.07) is 0. The van der Waals surface area contributed by atoms with Crippen LogP contribution in [0.15, 0.2) is 0 Å². The number of anilines is 1. The van der Waals surface area contributed by atoms with Gasteiger partial charge in [0.2, 0.25) is 0 Å². The Hall–Kier alpha value is -0.910. The summed E-state index contributed by atoms with van der Waals surface area (Å²) < 4.78 is 5.62. The number of aromatic nitrogens is 2. The molecule has 5 nitrogen and oxygen atoms in total. The Labute approximate surface area is 112 Å². The summed E-state index contributed by atoms with van der Waals surface area (Å²) >= 11 is 6.09. The summed E-state index contributed by atoms with van der Waals surface area (Å²) in [6.45, 7) is 7.09. The smallest absolute Gasteiger partial charge is 0.137 e. The van der Waals surface area contributed by atoms with Gasteiger partial charge in [-0.1, -0.05) is 11.6 Å². The van der Waals surface area contributed by atoms with Gasteiger partial charge in [-0.3, -0.25) is 0 Å². The molecule has 2 rings (SSSR count). The van der Waals surface area contributed by atoms with Crippen molar-refractivity contribution >= 4 is 17.4 Å². The monoisotopic (exact) mass is 271 g/mol. The maximum Gasteiger partial charge on any atom is 0.137 e. The van der Waals surface area contributed by atoms with Gasteiger partial charge in [0.05, 0.1) is 18.8 Å². The molecule has 0 aromatic carbocycles. The number of ether oxygens (including phenoxy) is 1. The van der Waals surface area contributed by atoms with Gasteiger partial charge in [-0.15, -0.1) is 0 Å². The third-order valence-electron chi connectivity index (χ3n) is 3.00. The second kappa shape index (κ2) is 5.38. The lowest BCUT2D eigenvalue weighted by Gasteiger charge is -2.37. The molecule has 6 heteroatoms. The standard InChI is InChI=1S/C12H18ClN3O2/c1-7-4-16(5-10(6-17)18-7)12-8(2)11(13)14-9(3)15-12/h7,10,17H,4-6H2,1-3H3. The SMILES string of the molecule is Cc1nc(Cl)c(C)c(N2CC(C)OC(CO)C2)n1.